The van der Waals surface area contributed by atoms with Crippen LogP contribution >= 0.6 is 0 Å². The predicted octanol–water partition coefficient (Wildman–Crippen LogP) is 4.14. The van der Waals surface area contributed by atoms with E-state index in [1.807, 2.05) is 38.1 Å². The molecule has 0 spiro atoms. The summed E-state index contributed by atoms with van der Waals surface area (Å²) in [5.74, 6) is -0.355. The zero-order valence-electron chi connectivity index (χ0n) is 22.3. The Morgan fingerprint density at radius 2 is 1.68 bits per heavy atom. The van der Waals surface area contributed by atoms with Crippen LogP contribution in [0.5, 0.6) is 5.75 Å². The number of anilines is 1. The number of hydrogen-bond donors (Lipinski definition) is 1. The second-order valence-electron chi connectivity index (χ2n) is 9.00. The first-order valence-electron chi connectivity index (χ1n) is 12.5. The van der Waals surface area contributed by atoms with Gasteiger partial charge in [-0.05, 0) is 50.1 Å². The summed E-state index contributed by atoms with van der Waals surface area (Å²) in [5, 5.41) is 2.84. The number of amides is 2. The highest BCUT2D eigenvalue weighted by atomic mass is 32.2. The fraction of sp³-hybridized carbons (Fsp3) is 0.310. The van der Waals surface area contributed by atoms with Gasteiger partial charge < -0.3 is 15.0 Å². The molecular weight excluding hydrogens is 502 g/mol. The lowest BCUT2D eigenvalue weighted by molar-refractivity contribution is -0.139. The Balaban J connectivity index is 2.03. The molecule has 0 saturated carbocycles. The van der Waals surface area contributed by atoms with Crippen LogP contribution in [0.2, 0.25) is 0 Å². The van der Waals surface area contributed by atoms with Crippen LogP contribution in [0.25, 0.3) is 0 Å². The third kappa shape index (κ3) is 7.13. The van der Waals surface area contributed by atoms with Crippen molar-refractivity contribution in [2.45, 2.75) is 44.7 Å². The topological polar surface area (TPSA) is 96.0 Å². The molecule has 1 atom stereocenters. The zero-order valence-corrected chi connectivity index (χ0v) is 23.1. The molecule has 3 aromatic carbocycles. The molecule has 8 nitrogen and oxygen atoms in total. The number of nitrogens with one attached hydrogen (secondary N) is 1. The molecule has 2 amide bonds. The van der Waals surface area contributed by atoms with Crippen molar-refractivity contribution in [3.8, 4) is 5.75 Å². The lowest BCUT2D eigenvalue weighted by atomic mass is 10.1. The summed E-state index contributed by atoms with van der Waals surface area (Å²) in [6, 6.07) is 21.3. The number of nitrogens with zero attached hydrogens (tertiary/aromatic N) is 2. The molecule has 0 radical (unpaired) electrons. The Kier molecular flexibility index (Phi) is 9.90. The Morgan fingerprint density at radius 1 is 0.974 bits per heavy atom. The number of carbonyl (C=O) groups excluding carboxylic acids is 2. The molecule has 0 bridgehead atoms. The minimum absolute atomic E-state index is 0.0505. The van der Waals surface area contributed by atoms with Gasteiger partial charge in [0.15, 0.2) is 0 Å². The molecule has 9 heteroatoms. The largest absolute Gasteiger partial charge is 0.497 e. The second kappa shape index (κ2) is 13.1. The highest BCUT2D eigenvalue weighted by molar-refractivity contribution is 7.92. The minimum atomic E-state index is -4.12. The molecule has 0 saturated heterocycles. The Labute approximate surface area is 225 Å². The first-order chi connectivity index (χ1) is 18.2. The number of carbonyl (C=O) groups is 2. The molecule has 1 unspecified atom stereocenters. The van der Waals surface area contributed by atoms with Gasteiger partial charge in [-0.1, -0.05) is 61.0 Å². The number of rotatable bonds is 12. The number of sulfonamides is 1. The average Bonchev–Trinajstić information content (AvgIpc) is 2.93. The van der Waals surface area contributed by atoms with E-state index in [-0.39, 0.29) is 23.0 Å². The van der Waals surface area contributed by atoms with Gasteiger partial charge in [-0.2, -0.15) is 0 Å². The van der Waals surface area contributed by atoms with Crippen molar-refractivity contribution in [3.63, 3.8) is 0 Å². The molecule has 0 aliphatic carbocycles. The summed E-state index contributed by atoms with van der Waals surface area (Å²) < 4.78 is 33.9. The van der Waals surface area contributed by atoms with Crippen LogP contribution in [-0.2, 0) is 26.2 Å². The molecular formula is C29H35N3O5S. The van der Waals surface area contributed by atoms with Crippen molar-refractivity contribution >= 4 is 27.5 Å². The van der Waals surface area contributed by atoms with Crippen molar-refractivity contribution < 1.29 is 22.7 Å². The average molecular weight is 538 g/mol. The van der Waals surface area contributed by atoms with Crippen LogP contribution in [0.1, 0.15) is 31.4 Å². The quantitative estimate of drug-likeness (QED) is 0.375. The lowest BCUT2D eigenvalue weighted by Gasteiger charge is -2.32. The van der Waals surface area contributed by atoms with Gasteiger partial charge in [0.25, 0.3) is 10.0 Å². The Bertz CT molecular complexity index is 1350. The highest BCUT2D eigenvalue weighted by Gasteiger charge is 2.32. The first-order valence-corrected chi connectivity index (χ1v) is 14.0. The Morgan fingerprint density at radius 3 is 2.34 bits per heavy atom. The van der Waals surface area contributed by atoms with E-state index < -0.39 is 28.5 Å². The number of hydrogen-bond acceptors (Lipinski definition) is 5. The van der Waals surface area contributed by atoms with Crippen molar-refractivity contribution in [3.05, 3.63) is 90.0 Å². The van der Waals surface area contributed by atoms with E-state index in [1.54, 1.807) is 49.4 Å². The Hall–Kier alpha value is -3.85. The monoisotopic (exact) mass is 537 g/mol. The normalized spacial score (nSPS) is 11.9. The molecule has 38 heavy (non-hydrogen) atoms. The van der Waals surface area contributed by atoms with Crippen LogP contribution in [0.15, 0.2) is 83.8 Å². The van der Waals surface area contributed by atoms with E-state index in [1.165, 1.54) is 24.1 Å². The van der Waals surface area contributed by atoms with E-state index in [9.17, 15) is 18.0 Å². The van der Waals surface area contributed by atoms with Gasteiger partial charge >= 0.3 is 0 Å². The van der Waals surface area contributed by atoms with E-state index in [2.05, 4.69) is 5.32 Å². The van der Waals surface area contributed by atoms with Gasteiger partial charge in [-0.3, -0.25) is 13.9 Å². The molecule has 0 aliphatic heterocycles. The number of aryl methyl sites for hydroxylation is 1. The van der Waals surface area contributed by atoms with E-state index in [4.69, 9.17) is 4.74 Å². The third-order valence-electron chi connectivity index (χ3n) is 6.10. The van der Waals surface area contributed by atoms with Crippen molar-refractivity contribution in [2.24, 2.45) is 0 Å². The molecule has 1 N–H and O–H groups in total. The minimum Gasteiger partial charge on any atom is -0.497 e. The van der Waals surface area contributed by atoms with E-state index in [0.717, 1.165) is 21.9 Å². The second-order valence-corrected chi connectivity index (χ2v) is 10.9. The molecule has 0 fully saturated rings. The maximum absolute atomic E-state index is 13.9. The fourth-order valence-electron chi connectivity index (χ4n) is 4.00. The SMILES string of the molecule is CCCNC(=O)C(C)N(Cc1cccc(C)c1)C(=O)CN(c1cccc(OC)c1)S(=O)(=O)c1ccccc1. The lowest BCUT2D eigenvalue weighted by Crippen LogP contribution is -2.51. The van der Waals surface area contributed by atoms with E-state index in [0.29, 0.717) is 12.3 Å². The molecule has 3 rings (SSSR count). The summed E-state index contributed by atoms with van der Waals surface area (Å²) >= 11 is 0. The number of benzene rings is 3. The van der Waals surface area contributed by atoms with Crippen LogP contribution in [-0.4, -0.2) is 51.4 Å². The maximum Gasteiger partial charge on any atom is 0.264 e. The maximum atomic E-state index is 13.9. The van der Waals surface area contributed by atoms with E-state index >= 15 is 0 Å². The van der Waals surface area contributed by atoms with Crippen LogP contribution < -0.4 is 14.4 Å². The standard InChI is InChI=1S/C29H35N3O5S/c1-5-17-30-29(34)23(3)31(20-24-12-9-11-22(2)18-24)28(33)21-32(25-13-10-14-26(19-25)37-4)38(35,36)27-15-7-6-8-16-27/h6-16,18-19,23H,5,17,20-21H2,1-4H3,(H,30,34). The van der Waals surface area contributed by atoms with Crippen LogP contribution in [0, 0.1) is 6.92 Å². The van der Waals surface area contributed by atoms with Crippen LogP contribution in [0.3, 0.4) is 0 Å². The molecule has 202 valence electrons. The molecule has 0 heterocycles. The van der Waals surface area contributed by atoms with Gasteiger partial charge in [0.05, 0.1) is 17.7 Å². The van der Waals surface area contributed by atoms with Gasteiger partial charge in [0.1, 0.15) is 18.3 Å². The highest BCUT2D eigenvalue weighted by Crippen LogP contribution is 2.27. The van der Waals surface area contributed by atoms with Crippen molar-refractivity contribution in [1.82, 2.24) is 10.2 Å². The van der Waals surface area contributed by atoms with Gasteiger partial charge in [0, 0.05) is 19.2 Å². The number of methoxy groups -OCH3 is 1. The summed E-state index contributed by atoms with van der Waals surface area (Å²) in [7, 11) is -2.63. The molecule has 0 aromatic heterocycles. The summed E-state index contributed by atoms with van der Waals surface area (Å²) in [4.78, 5) is 28.3. The smallest absolute Gasteiger partial charge is 0.264 e. The predicted molar refractivity (Wildman–Crippen MR) is 148 cm³/mol. The van der Waals surface area contributed by atoms with Crippen LogP contribution in [0.4, 0.5) is 5.69 Å². The van der Waals surface area contributed by atoms with Crippen molar-refractivity contribution in [2.75, 3.05) is 24.5 Å². The summed E-state index contributed by atoms with van der Waals surface area (Å²) in [6.07, 6.45) is 0.753. The van der Waals surface area contributed by atoms with Gasteiger partial charge in [-0.15, -0.1) is 0 Å². The summed E-state index contributed by atoms with van der Waals surface area (Å²) in [6.45, 7) is 5.68. The summed E-state index contributed by atoms with van der Waals surface area (Å²) in [5.41, 5.74) is 2.13. The third-order valence-corrected chi connectivity index (χ3v) is 7.89. The van der Waals surface area contributed by atoms with Gasteiger partial charge in [0.2, 0.25) is 11.8 Å². The molecule has 3 aromatic rings. The number of ether oxygens (including phenoxy) is 1. The zero-order chi connectivity index (χ0) is 27.7. The van der Waals surface area contributed by atoms with Gasteiger partial charge in [-0.25, -0.2) is 8.42 Å². The van der Waals surface area contributed by atoms with Crippen molar-refractivity contribution in [1.29, 1.82) is 0 Å². The first kappa shape index (κ1) is 28.7. The fourth-order valence-corrected chi connectivity index (χ4v) is 5.43. The molecule has 0 aliphatic rings.